The molecule has 0 aliphatic carbocycles. The molecule has 0 N–H and O–H groups in total. The minimum absolute atomic E-state index is 0.111. The summed E-state index contributed by atoms with van der Waals surface area (Å²) in [4.78, 5) is 14.3. The predicted molar refractivity (Wildman–Crippen MR) is 94.4 cm³/mol. The Bertz CT molecular complexity index is 894. The second-order valence-corrected chi connectivity index (χ2v) is 6.37. The summed E-state index contributed by atoms with van der Waals surface area (Å²) in [5, 5.41) is 10.6. The van der Waals surface area contributed by atoms with Crippen molar-refractivity contribution < 1.29 is 9.53 Å². The molecule has 2 aromatic carbocycles. The Labute approximate surface area is 146 Å². The van der Waals surface area contributed by atoms with Gasteiger partial charge in [-0.15, -0.1) is 5.10 Å². The molecule has 25 heavy (non-hydrogen) atoms. The Morgan fingerprint density at radius 2 is 2.12 bits per heavy atom. The lowest BCUT2D eigenvalue weighted by molar-refractivity contribution is 0.0705. The molecule has 6 nitrogen and oxygen atoms in total. The molecule has 0 saturated carbocycles. The summed E-state index contributed by atoms with van der Waals surface area (Å²) in [6.45, 7) is 1.88. The highest BCUT2D eigenvalue weighted by molar-refractivity contribution is 5.92. The molecule has 1 fully saturated rings. The van der Waals surface area contributed by atoms with Gasteiger partial charge in [-0.25, -0.2) is 4.68 Å². The predicted octanol–water partition coefficient (Wildman–Crippen LogP) is 2.34. The second-order valence-electron chi connectivity index (χ2n) is 6.37. The molecule has 128 valence electrons. The minimum Gasteiger partial charge on any atom is -0.379 e. The number of rotatable bonds is 4. The second kappa shape index (κ2) is 6.64. The topological polar surface area (TPSA) is 60.2 Å². The number of carbonyl (C=O) groups excluding carboxylic acids is 1. The van der Waals surface area contributed by atoms with Crippen molar-refractivity contribution in [1.29, 1.82) is 0 Å². The highest BCUT2D eigenvalue weighted by Crippen LogP contribution is 2.19. The summed E-state index contributed by atoms with van der Waals surface area (Å²) in [5.41, 5.74) is 1.52. The van der Waals surface area contributed by atoms with Crippen LogP contribution in [0.3, 0.4) is 0 Å². The van der Waals surface area contributed by atoms with Gasteiger partial charge in [-0.1, -0.05) is 47.7 Å². The zero-order valence-corrected chi connectivity index (χ0v) is 14.1. The highest BCUT2D eigenvalue weighted by atomic mass is 16.5. The number of amides is 1. The van der Waals surface area contributed by atoms with E-state index in [0.29, 0.717) is 25.5 Å². The number of nitrogens with zero attached hydrogens (tertiary/aromatic N) is 4. The molecular weight excluding hydrogens is 316 g/mol. The first-order valence-corrected chi connectivity index (χ1v) is 8.44. The molecule has 3 aromatic rings. The van der Waals surface area contributed by atoms with Crippen molar-refractivity contribution in [2.45, 2.75) is 19.0 Å². The summed E-state index contributed by atoms with van der Waals surface area (Å²) in [7, 11) is 1.80. The van der Waals surface area contributed by atoms with E-state index in [2.05, 4.69) is 34.6 Å². The van der Waals surface area contributed by atoms with Crippen LogP contribution >= 0.6 is 0 Å². The van der Waals surface area contributed by atoms with E-state index in [1.807, 2.05) is 18.2 Å². The molecule has 0 bridgehead atoms. The van der Waals surface area contributed by atoms with Crippen LogP contribution in [0, 0.1) is 0 Å². The minimum atomic E-state index is -0.111. The van der Waals surface area contributed by atoms with Gasteiger partial charge >= 0.3 is 0 Å². The number of likely N-dealkylation sites (N-methyl/N-ethyl adjacent to an activating group) is 1. The van der Waals surface area contributed by atoms with Crippen LogP contribution in [0.15, 0.2) is 48.7 Å². The number of benzene rings is 2. The Balaban J connectivity index is 1.54. The van der Waals surface area contributed by atoms with E-state index >= 15 is 0 Å². The van der Waals surface area contributed by atoms with E-state index in [1.165, 1.54) is 10.8 Å². The Morgan fingerprint density at radius 1 is 1.28 bits per heavy atom. The van der Waals surface area contributed by atoms with Crippen LogP contribution in [0.4, 0.5) is 0 Å². The quantitative estimate of drug-likeness (QED) is 0.734. The first-order valence-electron chi connectivity index (χ1n) is 8.44. The molecule has 1 amide bonds. The summed E-state index contributed by atoms with van der Waals surface area (Å²) >= 11 is 0. The van der Waals surface area contributed by atoms with Crippen molar-refractivity contribution in [2.75, 3.05) is 20.3 Å². The van der Waals surface area contributed by atoms with E-state index in [4.69, 9.17) is 4.74 Å². The molecule has 1 aliphatic rings. The summed E-state index contributed by atoms with van der Waals surface area (Å²) in [6, 6.07) is 14.6. The van der Waals surface area contributed by atoms with E-state index < -0.39 is 0 Å². The van der Waals surface area contributed by atoms with Crippen molar-refractivity contribution in [1.82, 2.24) is 19.9 Å². The van der Waals surface area contributed by atoms with Crippen LogP contribution in [0.5, 0.6) is 0 Å². The van der Waals surface area contributed by atoms with Gasteiger partial charge in [0.05, 0.1) is 25.4 Å². The fourth-order valence-electron chi connectivity index (χ4n) is 3.25. The highest BCUT2D eigenvalue weighted by Gasteiger charge is 2.26. The summed E-state index contributed by atoms with van der Waals surface area (Å²) in [5.74, 6) is -0.111. The first-order chi connectivity index (χ1) is 12.2. The van der Waals surface area contributed by atoms with Crippen molar-refractivity contribution >= 4 is 16.7 Å². The van der Waals surface area contributed by atoms with Crippen LogP contribution in [0.2, 0.25) is 0 Å². The number of fused-ring (bicyclic) bond motifs is 1. The molecular formula is C19H20N4O2. The Morgan fingerprint density at radius 3 is 2.96 bits per heavy atom. The Hall–Kier alpha value is -2.73. The van der Waals surface area contributed by atoms with Gasteiger partial charge in [-0.05, 0) is 22.8 Å². The number of ether oxygens (including phenoxy) is 1. The third kappa shape index (κ3) is 3.13. The molecule has 2 heterocycles. The molecule has 4 rings (SSSR count). The van der Waals surface area contributed by atoms with Crippen LogP contribution in [-0.2, 0) is 11.3 Å². The van der Waals surface area contributed by atoms with Gasteiger partial charge in [0.2, 0.25) is 0 Å². The maximum Gasteiger partial charge on any atom is 0.276 e. The zero-order valence-electron chi connectivity index (χ0n) is 14.1. The fraction of sp³-hybridized carbons (Fsp3) is 0.316. The first kappa shape index (κ1) is 15.8. The lowest BCUT2D eigenvalue weighted by Crippen LogP contribution is -2.37. The number of hydrogen-bond acceptors (Lipinski definition) is 4. The zero-order chi connectivity index (χ0) is 17.2. The van der Waals surface area contributed by atoms with E-state index in [9.17, 15) is 4.79 Å². The van der Waals surface area contributed by atoms with Crippen molar-refractivity contribution in [3.8, 4) is 0 Å². The summed E-state index contributed by atoms with van der Waals surface area (Å²) in [6.07, 6.45) is 2.59. The molecule has 1 saturated heterocycles. The molecule has 0 spiro atoms. The van der Waals surface area contributed by atoms with Gasteiger partial charge in [0.25, 0.3) is 5.91 Å². The van der Waals surface area contributed by atoms with Crippen LogP contribution in [0.25, 0.3) is 10.8 Å². The average molecular weight is 336 g/mol. The third-order valence-corrected chi connectivity index (χ3v) is 4.74. The van der Waals surface area contributed by atoms with Gasteiger partial charge in [0.15, 0.2) is 5.69 Å². The van der Waals surface area contributed by atoms with E-state index in [-0.39, 0.29) is 11.9 Å². The van der Waals surface area contributed by atoms with Crippen LogP contribution < -0.4 is 0 Å². The third-order valence-electron chi connectivity index (χ3n) is 4.74. The monoisotopic (exact) mass is 336 g/mol. The number of hydrogen-bond donors (Lipinski definition) is 0. The lowest BCUT2D eigenvalue weighted by Gasteiger charge is -2.21. The van der Waals surface area contributed by atoms with Gasteiger partial charge in [-0.3, -0.25) is 4.79 Å². The largest absolute Gasteiger partial charge is 0.379 e. The van der Waals surface area contributed by atoms with E-state index in [1.54, 1.807) is 22.8 Å². The van der Waals surface area contributed by atoms with Gasteiger partial charge in [0, 0.05) is 13.7 Å². The maximum atomic E-state index is 12.6. The molecule has 6 heteroatoms. The normalized spacial score (nSPS) is 17.1. The van der Waals surface area contributed by atoms with Crippen LogP contribution in [-0.4, -0.2) is 52.1 Å². The maximum absolute atomic E-state index is 12.6. The molecule has 0 radical (unpaired) electrons. The Kier molecular flexibility index (Phi) is 4.19. The van der Waals surface area contributed by atoms with Crippen molar-refractivity contribution in [2.24, 2.45) is 0 Å². The van der Waals surface area contributed by atoms with Gasteiger partial charge < -0.3 is 9.64 Å². The van der Waals surface area contributed by atoms with Gasteiger partial charge in [0.1, 0.15) is 0 Å². The summed E-state index contributed by atoms with van der Waals surface area (Å²) < 4.78 is 7.07. The standard InChI is InChI=1S/C19H20N4O2/c1-22(16-9-10-25-13-16)19(24)18-12-23(21-20-18)11-15-7-4-6-14-5-2-3-8-17(14)15/h2-8,12,16H,9-11,13H2,1H3/t16-/m1/s1. The fourth-order valence-corrected chi connectivity index (χ4v) is 3.25. The SMILES string of the molecule is CN(C(=O)c1cn(Cc2cccc3ccccc23)nn1)[C@@H]1CCOC1. The van der Waals surface area contributed by atoms with Crippen molar-refractivity contribution in [3.05, 3.63) is 59.9 Å². The molecule has 0 unspecified atom stereocenters. The van der Waals surface area contributed by atoms with Gasteiger partial charge in [-0.2, -0.15) is 0 Å². The van der Waals surface area contributed by atoms with Crippen molar-refractivity contribution in [3.63, 3.8) is 0 Å². The number of aromatic nitrogens is 3. The molecule has 1 aromatic heterocycles. The molecule has 1 aliphatic heterocycles. The van der Waals surface area contributed by atoms with Crippen LogP contribution in [0.1, 0.15) is 22.5 Å². The lowest BCUT2D eigenvalue weighted by atomic mass is 10.0. The average Bonchev–Trinajstić information content (AvgIpc) is 3.33. The van der Waals surface area contributed by atoms with E-state index in [0.717, 1.165) is 12.0 Å². The number of carbonyl (C=O) groups is 1. The smallest absolute Gasteiger partial charge is 0.276 e. The molecule has 1 atom stereocenters.